The van der Waals surface area contributed by atoms with Gasteiger partial charge in [-0.1, -0.05) is 18.2 Å². The van der Waals surface area contributed by atoms with Crippen molar-refractivity contribution in [2.75, 3.05) is 0 Å². The van der Waals surface area contributed by atoms with Gasteiger partial charge >= 0.3 is 0 Å². The molecule has 3 nitrogen and oxygen atoms in total. The highest BCUT2D eigenvalue weighted by Gasteiger charge is 2.14. The first-order valence-corrected chi connectivity index (χ1v) is 5.69. The lowest BCUT2D eigenvalue weighted by molar-refractivity contribution is 0.103. The molecule has 0 aliphatic rings. The highest BCUT2D eigenvalue weighted by atomic mass is 16.3. The fourth-order valence-corrected chi connectivity index (χ4v) is 2.02. The molecule has 0 amide bonds. The molecule has 88 valence electrons. The van der Waals surface area contributed by atoms with Crippen molar-refractivity contribution in [2.24, 2.45) is 0 Å². The third-order valence-corrected chi connectivity index (χ3v) is 2.88. The molecule has 0 atom stereocenters. The van der Waals surface area contributed by atoms with Gasteiger partial charge in [-0.15, -0.1) is 0 Å². The lowest BCUT2D eigenvalue weighted by Crippen LogP contribution is -2.00. The molecular formula is C15H11NO2. The number of aromatic nitrogens is 1. The van der Waals surface area contributed by atoms with E-state index in [-0.39, 0.29) is 5.78 Å². The van der Waals surface area contributed by atoms with Crippen LogP contribution in [0.15, 0.2) is 53.3 Å². The molecule has 0 unspecified atom stereocenters. The summed E-state index contributed by atoms with van der Waals surface area (Å²) in [5, 5.41) is 0.865. The first-order chi connectivity index (χ1) is 8.75. The second-order valence-corrected chi connectivity index (χ2v) is 4.15. The van der Waals surface area contributed by atoms with E-state index in [2.05, 4.69) is 4.98 Å². The van der Waals surface area contributed by atoms with Crippen LogP contribution < -0.4 is 0 Å². The zero-order chi connectivity index (χ0) is 12.5. The van der Waals surface area contributed by atoms with E-state index in [4.69, 9.17) is 4.42 Å². The maximum absolute atomic E-state index is 12.4. The average molecular weight is 237 g/mol. The highest BCUT2D eigenvalue weighted by molar-refractivity contribution is 6.15. The number of fused-ring (bicyclic) bond motifs is 1. The number of carbonyl (C=O) groups is 1. The van der Waals surface area contributed by atoms with Crippen molar-refractivity contribution in [2.45, 2.75) is 6.92 Å². The number of aryl methyl sites for hydroxylation is 1. The summed E-state index contributed by atoms with van der Waals surface area (Å²) in [4.78, 5) is 16.6. The first-order valence-electron chi connectivity index (χ1n) is 5.69. The number of rotatable bonds is 2. The molecule has 0 saturated heterocycles. The Bertz CT molecular complexity index is 723. The molecule has 0 spiro atoms. The van der Waals surface area contributed by atoms with Gasteiger partial charge in [-0.3, -0.25) is 9.78 Å². The summed E-state index contributed by atoms with van der Waals surface area (Å²) in [6.45, 7) is 1.82. The predicted molar refractivity (Wildman–Crippen MR) is 68.6 cm³/mol. The predicted octanol–water partition coefficient (Wildman–Crippen LogP) is 3.37. The van der Waals surface area contributed by atoms with Crippen molar-refractivity contribution in [3.63, 3.8) is 0 Å². The van der Waals surface area contributed by atoms with Gasteiger partial charge in [0.1, 0.15) is 12.0 Å². The van der Waals surface area contributed by atoms with Crippen LogP contribution in [0.3, 0.4) is 0 Å². The summed E-state index contributed by atoms with van der Waals surface area (Å²) < 4.78 is 5.18. The number of carbonyl (C=O) groups excluding carboxylic acids is 1. The molecule has 0 bridgehead atoms. The standard InChI is InChI=1S/C15H11NO2/c1-10-8-11(9-18-10)15(17)13-4-2-6-14-12(13)5-3-7-16-14/h2-9H,1H3. The van der Waals surface area contributed by atoms with E-state index in [1.54, 1.807) is 12.3 Å². The number of furan rings is 1. The Morgan fingerprint density at radius 1 is 1.22 bits per heavy atom. The van der Waals surface area contributed by atoms with Crippen LogP contribution in [-0.4, -0.2) is 10.8 Å². The number of nitrogens with zero attached hydrogens (tertiary/aromatic N) is 1. The molecule has 0 radical (unpaired) electrons. The highest BCUT2D eigenvalue weighted by Crippen LogP contribution is 2.20. The Balaban J connectivity index is 2.17. The van der Waals surface area contributed by atoms with Crippen LogP contribution in [0, 0.1) is 6.92 Å². The van der Waals surface area contributed by atoms with Crippen molar-refractivity contribution in [3.05, 3.63) is 65.7 Å². The smallest absolute Gasteiger partial charge is 0.196 e. The molecule has 2 heterocycles. The lowest BCUT2D eigenvalue weighted by Gasteiger charge is -2.03. The van der Waals surface area contributed by atoms with E-state index in [1.807, 2.05) is 37.3 Å². The number of hydrogen-bond acceptors (Lipinski definition) is 3. The Morgan fingerprint density at radius 2 is 2.11 bits per heavy atom. The van der Waals surface area contributed by atoms with E-state index in [0.29, 0.717) is 11.1 Å². The SMILES string of the molecule is Cc1cc(C(=O)c2cccc3ncccc23)co1. The zero-order valence-corrected chi connectivity index (χ0v) is 9.88. The molecule has 0 aliphatic heterocycles. The van der Waals surface area contributed by atoms with E-state index < -0.39 is 0 Å². The molecule has 0 saturated carbocycles. The second-order valence-electron chi connectivity index (χ2n) is 4.15. The van der Waals surface area contributed by atoms with E-state index in [1.165, 1.54) is 6.26 Å². The zero-order valence-electron chi connectivity index (χ0n) is 9.88. The normalized spacial score (nSPS) is 10.7. The van der Waals surface area contributed by atoms with Crippen LogP contribution in [0.4, 0.5) is 0 Å². The molecule has 2 aromatic heterocycles. The average Bonchev–Trinajstić information content (AvgIpc) is 2.84. The van der Waals surface area contributed by atoms with Gasteiger partial charge in [0.25, 0.3) is 0 Å². The fraction of sp³-hybridized carbons (Fsp3) is 0.0667. The molecule has 0 fully saturated rings. The van der Waals surface area contributed by atoms with Crippen LogP contribution >= 0.6 is 0 Å². The minimum absolute atomic E-state index is 0.0366. The minimum atomic E-state index is -0.0366. The number of hydrogen-bond donors (Lipinski definition) is 0. The largest absolute Gasteiger partial charge is 0.469 e. The van der Waals surface area contributed by atoms with Gasteiger partial charge in [0.15, 0.2) is 5.78 Å². The third-order valence-electron chi connectivity index (χ3n) is 2.88. The van der Waals surface area contributed by atoms with Crippen LogP contribution in [0.5, 0.6) is 0 Å². The van der Waals surface area contributed by atoms with Crippen molar-refractivity contribution in [1.82, 2.24) is 4.98 Å². The van der Waals surface area contributed by atoms with Crippen LogP contribution in [0.1, 0.15) is 21.7 Å². The van der Waals surface area contributed by atoms with Gasteiger partial charge in [0.05, 0.1) is 11.1 Å². The molecular weight excluding hydrogens is 226 g/mol. The van der Waals surface area contributed by atoms with Gasteiger partial charge < -0.3 is 4.42 Å². The van der Waals surface area contributed by atoms with Gasteiger partial charge in [0, 0.05) is 17.1 Å². The number of benzene rings is 1. The fourth-order valence-electron chi connectivity index (χ4n) is 2.02. The monoisotopic (exact) mass is 237 g/mol. The molecule has 0 aliphatic carbocycles. The molecule has 3 heteroatoms. The third kappa shape index (κ3) is 1.70. The maximum Gasteiger partial charge on any atom is 0.196 e. The minimum Gasteiger partial charge on any atom is -0.469 e. The van der Waals surface area contributed by atoms with Gasteiger partial charge in [-0.2, -0.15) is 0 Å². The molecule has 3 rings (SSSR count). The molecule has 18 heavy (non-hydrogen) atoms. The van der Waals surface area contributed by atoms with Gasteiger partial charge in [-0.25, -0.2) is 0 Å². The summed E-state index contributed by atoms with van der Waals surface area (Å²) in [5.74, 6) is 0.696. The van der Waals surface area contributed by atoms with Crippen LogP contribution in [0.2, 0.25) is 0 Å². The maximum atomic E-state index is 12.4. The van der Waals surface area contributed by atoms with Crippen molar-refractivity contribution < 1.29 is 9.21 Å². The Kier molecular flexibility index (Phi) is 2.45. The van der Waals surface area contributed by atoms with E-state index >= 15 is 0 Å². The lowest BCUT2D eigenvalue weighted by atomic mass is 10.0. The van der Waals surface area contributed by atoms with Crippen molar-refractivity contribution >= 4 is 16.7 Å². The second kappa shape index (κ2) is 4.11. The van der Waals surface area contributed by atoms with E-state index in [0.717, 1.165) is 16.7 Å². The quantitative estimate of drug-likeness (QED) is 0.642. The Hall–Kier alpha value is -2.42. The molecule has 1 aromatic carbocycles. The van der Waals surface area contributed by atoms with Gasteiger partial charge in [-0.05, 0) is 25.1 Å². The summed E-state index contributed by atoms with van der Waals surface area (Å²) >= 11 is 0. The van der Waals surface area contributed by atoms with Crippen LogP contribution in [-0.2, 0) is 0 Å². The molecule has 3 aromatic rings. The Labute approximate surface area is 104 Å². The summed E-state index contributed by atoms with van der Waals surface area (Å²) in [5.41, 5.74) is 2.05. The first kappa shape index (κ1) is 10.7. The number of ketones is 1. The summed E-state index contributed by atoms with van der Waals surface area (Å²) in [7, 11) is 0. The Morgan fingerprint density at radius 3 is 2.89 bits per heavy atom. The van der Waals surface area contributed by atoms with Gasteiger partial charge in [0.2, 0.25) is 0 Å². The number of pyridine rings is 1. The van der Waals surface area contributed by atoms with E-state index in [9.17, 15) is 4.79 Å². The summed E-state index contributed by atoms with van der Waals surface area (Å²) in [6.07, 6.45) is 3.21. The summed E-state index contributed by atoms with van der Waals surface area (Å²) in [6, 6.07) is 11.0. The molecule has 0 N–H and O–H groups in total. The van der Waals surface area contributed by atoms with Crippen molar-refractivity contribution in [3.8, 4) is 0 Å². The van der Waals surface area contributed by atoms with Crippen LogP contribution in [0.25, 0.3) is 10.9 Å². The van der Waals surface area contributed by atoms with Crippen molar-refractivity contribution in [1.29, 1.82) is 0 Å². The topological polar surface area (TPSA) is 43.1 Å².